The highest BCUT2D eigenvalue weighted by Crippen LogP contribution is 2.17. The van der Waals surface area contributed by atoms with Crippen LogP contribution >= 0.6 is 0 Å². The van der Waals surface area contributed by atoms with Crippen LogP contribution in [0, 0.1) is 0 Å². The van der Waals surface area contributed by atoms with Gasteiger partial charge in [0.1, 0.15) is 6.10 Å². The molecule has 192 valence electrons. The molecule has 0 aliphatic rings. The normalized spacial score (nSPS) is 12.8. The fourth-order valence-electron chi connectivity index (χ4n) is 4.37. The topological polar surface area (TPSA) is 35.5 Å². The summed E-state index contributed by atoms with van der Waals surface area (Å²) in [5.74, 6) is -0.203. The molecule has 0 spiro atoms. The molecule has 0 bridgehead atoms. The van der Waals surface area contributed by atoms with Gasteiger partial charge in [-0.25, -0.2) is 4.79 Å². The molecular formula is C28H58O3Si. The molecule has 1 atom stereocenters. The number of hydrogen-bond donors (Lipinski definition) is 0. The Morgan fingerprint density at radius 1 is 0.594 bits per heavy atom. The molecule has 0 aromatic carbocycles. The second-order valence-corrected chi connectivity index (χ2v) is 15.2. The van der Waals surface area contributed by atoms with Gasteiger partial charge < -0.3 is 9.16 Å². The zero-order chi connectivity index (χ0) is 23.9. The second kappa shape index (κ2) is 22.4. The lowest BCUT2D eigenvalue weighted by Gasteiger charge is -2.24. The van der Waals surface area contributed by atoms with E-state index < -0.39 is 8.32 Å². The average Bonchev–Trinajstić information content (AvgIpc) is 2.75. The molecule has 0 aliphatic heterocycles. The summed E-state index contributed by atoms with van der Waals surface area (Å²) in [4.78, 5) is 11.9. The van der Waals surface area contributed by atoms with Gasteiger partial charge in [0.05, 0.1) is 7.11 Å². The van der Waals surface area contributed by atoms with E-state index in [1.807, 2.05) is 0 Å². The molecule has 0 aromatic heterocycles. The van der Waals surface area contributed by atoms with Crippen molar-refractivity contribution in [3.05, 3.63) is 0 Å². The number of carbonyl (C=O) groups excluding carboxylic acids is 1. The quantitative estimate of drug-likeness (QED) is 0.0800. The van der Waals surface area contributed by atoms with Crippen molar-refractivity contribution < 1.29 is 14.0 Å². The van der Waals surface area contributed by atoms with Gasteiger partial charge in [-0.1, -0.05) is 135 Å². The van der Waals surface area contributed by atoms with Gasteiger partial charge in [-0.05, 0) is 26.1 Å². The third-order valence-electron chi connectivity index (χ3n) is 6.28. The maximum atomic E-state index is 11.9. The fourth-order valence-corrected chi connectivity index (χ4v) is 5.44. The third kappa shape index (κ3) is 22.8. The summed E-state index contributed by atoms with van der Waals surface area (Å²) >= 11 is 0. The molecule has 4 heteroatoms. The molecule has 0 heterocycles. The van der Waals surface area contributed by atoms with Crippen molar-refractivity contribution in [2.45, 2.75) is 168 Å². The fraction of sp³-hybridized carbons (Fsp3) is 0.964. The van der Waals surface area contributed by atoms with Crippen molar-refractivity contribution >= 4 is 14.3 Å². The van der Waals surface area contributed by atoms with Crippen LogP contribution in [0.15, 0.2) is 0 Å². The van der Waals surface area contributed by atoms with E-state index >= 15 is 0 Å². The average molecular weight is 471 g/mol. The highest BCUT2D eigenvalue weighted by molar-refractivity contribution is 6.69. The monoisotopic (exact) mass is 470 g/mol. The van der Waals surface area contributed by atoms with Crippen molar-refractivity contribution in [1.29, 1.82) is 0 Å². The van der Waals surface area contributed by atoms with Gasteiger partial charge in [0.25, 0.3) is 0 Å². The molecule has 1 unspecified atom stereocenters. The Hall–Kier alpha value is -0.353. The van der Waals surface area contributed by atoms with E-state index in [2.05, 4.69) is 26.6 Å². The van der Waals surface area contributed by atoms with Crippen LogP contribution in [0.5, 0.6) is 0 Å². The number of rotatable bonds is 24. The van der Waals surface area contributed by atoms with Gasteiger partial charge in [-0.3, -0.25) is 0 Å². The first-order valence-electron chi connectivity index (χ1n) is 14.2. The van der Waals surface area contributed by atoms with E-state index in [0.717, 1.165) is 12.8 Å². The van der Waals surface area contributed by atoms with Gasteiger partial charge in [0.2, 0.25) is 0 Å². The molecule has 0 rings (SSSR count). The Morgan fingerprint density at radius 3 is 1.19 bits per heavy atom. The lowest BCUT2D eigenvalue weighted by atomic mass is 10.0. The molecule has 0 aliphatic carbocycles. The Bertz CT molecular complexity index is 406. The van der Waals surface area contributed by atoms with Crippen molar-refractivity contribution in [1.82, 2.24) is 0 Å². The molecule has 32 heavy (non-hydrogen) atoms. The molecule has 0 N–H and O–H groups in total. The van der Waals surface area contributed by atoms with Crippen LogP contribution in [0.4, 0.5) is 0 Å². The van der Waals surface area contributed by atoms with E-state index in [1.165, 1.54) is 129 Å². The standard InChI is InChI=1S/C28H58O3Si/c1-6-7-8-9-10-11-12-13-14-15-16-17-18-19-20-21-22-23-24-25-26-27(28(29)30-2)31-32(3,4)5/h27H,6-26H2,1-5H3. The van der Waals surface area contributed by atoms with Crippen molar-refractivity contribution in [3.8, 4) is 0 Å². The lowest BCUT2D eigenvalue weighted by Crippen LogP contribution is -2.37. The third-order valence-corrected chi connectivity index (χ3v) is 7.27. The Balaban J connectivity index is 3.34. The smallest absolute Gasteiger partial charge is 0.333 e. The van der Waals surface area contributed by atoms with E-state index in [0.29, 0.717) is 0 Å². The van der Waals surface area contributed by atoms with Crippen LogP contribution in [0.2, 0.25) is 19.6 Å². The van der Waals surface area contributed by atoms with Gasteiger partial charge in [0, 0.05) is 0 Å². The van der Waals surface area contributed by atoms with Crippen LogP contribution in [0.1, 0.15) is 142 Å². The first-order valence-corrected chi connectivity index (χ1v) is 17.6. The first kappa shape index (κ1) is 31.6. The first-order chi connectivity index (χ1) is 15.4. The van der Waals surface area contributed by atoms with Crippen LogP contribution in [0.3, 0.4) is 0 Å². The van der Waals surface area contributed by atoms with Gasteiger partial charge in [-0.2, -0.15) is 0 Å². The zero-order valence-corrected chi connectivity index (χ0v) is 23.7. The lowest BCUT2D eigenvalue weighted by molar-refractivity contribution is -0.149. The molecular weight excluding hydrogens is 412 g/mol. The van der Waals surface area contributed by atoms with Gasteiger partial charge >= 0.3 is 5.97 Å². The number of esters is 1. The molecule has 3 nitrogen and oxygen atoms in total. The van der Waals surface area contributed by atoms with Crippen molar-refractivity contribution in [2.24, 2.45) is 0 Å². The Kier molecular flexibility index (Phi) is 22.2. The molecule has 0 fully saturated rings. The number of hydrogen-bond acceptors (Lipinski definition) is 3. The SMILES string of the molecule is CCCCCCCCCCCCCCCCCCCCCCC(O[Si](C)(C)C)C(=O)OC. The van der Waals surface area contributed by atoms with Crippen LogP contribution in [-0.2, 0) is 14.0 Å². The summed E-state index contributed by atoms with van der Waals surface area (Å²) in [5.41, 5.74) is 0. The van der Waals surface area contributed by atoms with Crippen LogP contribution in [-0.4, -0.2) is 27.5 Å². The zero-order valence-electron chi connectivity index (χ0n) is 22.7. The van der Waals surface area contributed by atoms with Crippen LogP contribution in [0.25, 0.3) is 0 Å². The van der Waals surface area contributed by atoms with Crippen molar-refractivity contribution in [3.63, 3.8) is 0 Å². The second-order valence-electron chi connectivity index (χ2n) is 10.7. The summed E-state index contributed by atoms with van der Waals surface area (Å²) in [5, 5.41) is 0. The van der Waals surface area contributed by atoms with Gasteiger partial charge in [0.15, 0.2) is 8.32 Å². The van der Waals surface area contributed by atoms with Crippen LogP contribution < -0.4 is 0 Å². The summed E-state index contributed by atoms with van der Waals surface area (Å²) in [6.45, 7) is 8.67. The Morgan fingerprint density at radius 2 is 0.906 bits per heavy atom. The minimum atomic E-state index is -1.72. The van der Waals surface area contributed by atoms with E-state index in [4.69, 9.17) is 9.16 Å². The minimum absolute atomic E-state index is 0.203. The maximum Gasteiger partial charge on any atom is 0.333 e. The number of unbranched alkanes of at least 4 members (excludes halogenated alkanes) is 19. The van der Waals surface area contributed by atoms with Gasteiger partial charge in [-0.15, -0.1) is 0 Å². The number of methoxy groups -OCH3 is 1. The summed E-state index contributed by atoms with van der Waals surface area (Å²) in [6, 6.07) is 0. The molecule has 0 aromatic rings. The molecule has 0 saturated heterocycles. The minimum Gasteiger partial charge on any atom is -0.467 e. The highest BCUT2D eigenvalue weighted by Gasteiger charge is 2.26. The van der Waals surface area contributed by atoms with E-state index in [-0.39, 0.29) is 12.1 Å². The van der Waals surface area contributed by atoms with E-state index in [9.17, 15) is 4.79 Å². The number of carbonyl (C=O) groups is 1. The summed E-state index contributed by atoms with van der Waals surface area (Å²) in [6.07, 6.45) is 28.2. The number of ether oxygens (including phenoxy) is 1. The maximum absolute atomic E-state index is 11.9. The van der Waals surface area contributed by atoms with Crippen molar-refractivity contribution in [2.75, 3.05) is 7.11 Å². The predicted molar refractivity (Wildman–Crippen MR) is 143 cm³/mol. The predicted octanol–water partition coefficient (Wildman–Crippen LogP) is 9.59. The summed E-state index contributed by atoms with van der Waals surface area (Å²) in [7, 11) is -0.258. The Labute approximate surface area is 202 Å². The molecule has 0 amide bonds. The largest absolute Gasteiger partial charge is 0.467 e. The molecule has 0 radical (unpaired) electrons. The molecule has 0 saturated carbocycles. The van der Waals surface area contributed by atoms with E-state index in [1.54, 1.807) is 0 Å². The summed E-state index contributed by atoms with van der Waals surface area (Å²) < 4.78 is 10.9. The highest BCUT2D eigenvalue weighted by atomic mass is 28.4.